The van der Waals surface area contributed by atoms with Crippen molar-refractivity contribution in [3.05, 3.63) is 29.8 Å². The van der Waals surface area contributed by atoms with Crippen molar-refractivity contribution < 1.29 is 23.9 Å². The first-order chi connectivity index (χ1) is 18.1. The smallest absolute Gasteiger partial charge is 0.255 e. The van der Waals surface area contributed by atoms with Crippen LogP contribution in [0.2, 0.25) is 0 Å². The molecule has 0 unspecified atom stereocenters. The van der Waals surface area contributed by atoms with Crippen LogP contribution in [0.4, 0.5) is 0 Å². The molecule has 0 aliphatic carbocycles. The lowest BCUT2D eigenvalue weighted by Gasteiger charge is -2.36. The van der Waals surface area contributed by atoms with Gasteiger partial charge in [0.25, 0.3) is 5.91 Å². The first-order valence-corrected chi connectivity index (χ1v) is 13.7. The van der Waals surface area contributed by atoms with E-state index in [0.717, 1.165) is 19.6 Å². The number of hydrogen-bond donors (Lipinski definition) is 3. The Morgan fingerprint density at radius 2 is 1.68 bits per heavy atom. The Kier molecular flexibility index (Phi) is 10.5. The zero-order valence-corrected chi connectivity index (χ0v) is 23.3. The third-order valence-corrected chi connectivity index (χ3v) is 7.06. The lowest BCUT2D eigenvalue weighted by molar-refractivity contribution is -0.138. The average Bonchev–Trinajstić information content (AvgIpc) is 2.88. The van der Waals surface area contributed by atoms with E-state index in [-0.39, 0.29) is 42.4 Å². The molecule has 0 spiro atoms. The Labute approximate surface area is 225 Å². The van der Waals surface area contributed by atoms with Crippen LogP contribution in [0.3, 0.4) is 0 Å². The average molecular weight is 530 g/mol. The van der Waals surface area contributed by atoms with Gasteiger partial charge in [-0.3, -0.25) is 19.2 Å². The summed E-state index contributed by atoms with van der Waals surface area (Å²) in [6.07, 6.45) is 0.397. The number of para-hydroxylation sites is 1. The van der Waals surface area contributed by atoms with Crippen LogP contribution in [-0.2, 0) is 14.4 Å². The molecule has 10 nitrogen and oxygen atoms in total. The summed E-state index contributed by atoms with van der Waals surface area (Å²) in [6.45, 7) is 13.5. The molecule has 2 aliphatic heterocycles. The van der Waals surface area contributed by atoms with Crippen molar-refractivity contribution in [3.63, 3.8) is 0 Å². The van der Waals surface area contributed by atoms with Gasteiger partial charge < -0.3 is 30.5 Å². The van der Waals surface area contributed by atoms with E-state index in [1.165, 1.54) is 0 Å². The predicted octanol–water partition coefficient (Wildman–Crippen LogP) is 1.40. The van der Waals surface area contributed by atoms with Gasteiger partial charge in [0.2, 0.25) is 17.7 Å². The maximum Gasteiger partial charge on any atom is 0.255 e. The Bertz CT molecular complexity index is 990. The summed E-state index contributed by atoms with van der Waals surface area (Å²) in [5.41, 5.74) is 0.272. The summed E-state index contributed by atoms with van der Waals surface area (Å²) in [5, 5.41) is 8.64. The van der Waals surface area contributed by atoms with Crippen molar-refractivity contribution in [2.75, 3.05) is 39.3 Å². The summed E-state index contributed by atoms with van der Waals surface area (Å²) in [7, 11) is 0. The molecule has 3 atom stereocenters. The van der Waals surface area contributed by atoms with Crippen LogP contribution in [0, 0.1) is 11.8 Å². The molecule has 0 aromatic heterocycles. The molecule has 0 bridgehead atoms. The largest absolute Gasteiger partial charge is 0.491 e. The van der Waals surface area contributed by atoms with E-state index in [1.54, 1.807) is 29.2 Å². The molecule has 210 valence electrons. The fraction of sp³-hybridized carbons (Fsp3) is 0.643. The predicted molar refractivity (Wildman–Crippen MR) is 145 cm³/mol. The Morgan fingerprint density at radius 3 is 2.32 bits per heavy atom. The van der Waals surface area contributed by atoms with E-state index >= 15 is 0 Å². The highest BCUT2D eigenvalue weighted by Crippen LogP contribution is 2.20. The molecule has 10 heteroatoms. The standard InChI is InChI=1S/C28H43N5O5/c1-6-32-11-13-33(14-12-32)28(37)22-16-24(34)31-25(19(4)5)27(36)29-20(15-18(2)3)17-38-23-10-8-7-9-21(23)26(35)30-22/h7-10,18-20,22,25H,6,11-17H2,1-5H3,(H,29,36)(H,30,35)(H,31,34)/t20-,22+,25-/m1/s1. The Balaban J connectivity index is 1.91. The van der Waals surface area contributed by atoms with Crippen LogP contribution in [0.1, 0.15) is 57.8 Å². The van der Waals surface area contributed by atoms with Gasteiger partial charge in [0, 0.05) is 26.2 Å². The minimum Gasteiger partial charge on any atom is -0.491 e. The number of ether oxygens (including phenoxy) is 1. The number of nitrogens with zero attached hydrogens (tertiary/aromatic N) is 2. The number of carbonyl (C=O) groups excluding carboxylic acids is 4. The number of hydrogen-bond acceptors (Lipinski definition) is 6. The molecular formula is C28H43N5O5. The normalized spacial score (nSPS) is 24.1. The van der Waals surface area contributed by atoms with E-state index < -0.39 is 23.9 Å². The second-order valence-electron chi connectivity index (χ2n) is 10.9. The van der Waals surface area contributed by atoms with Crippen molar-refractivity contribution in [2.45, 2.75) is 65.6 Å². The highest BCUT2D eigenvalue weighted by molar-refractivity contribution is 6.01. The van der Waals surface area contributed by atoms with Crippen molar-refractivity contribution in [2.24, 2.45) is 11.8 Å². The second-order valence-corrected chi connectivity index (χ2v) is 10.9. The number of fused-ring (bicyclic) bond motifs is 1. The SMILES string of the molecule is CCN1CCN(C(=O)[C@@H]2CC(=O)N[C@H](C(C)C)C(=O)N[C@H](CC(C)C)COc3ccccc3C(=O)N2)CC1. The first-order valence-electron chi connectivity index (χ1n) is 13.7. The van der Waals surface area contributed by atoms with Gasteiger partial charge in [-0.25, -0.2) is 0 Å². The van der Waals surface area contributed by atoms with Gasteiger partial charge in [-0.15, -0.1) is 0 Å². The van der Waals surface area contributed by atoms with E-state index in [1.807, 2.05) is 13.8 Å². The molecule has 38 heavy (non-hydrogen) atoms. The first kappa shape index (κ1) is 29.4. The molecule has 3 rings (SSSR count). The molecule has 0 saturated carbocycles. The van der Waals surface area contributed by atoms with Gasteiger partial charge in [0.1, 0.15) is 24.4 Å². The minimum atomic E-state index is -1.07. The van der Waals surface area contributed by atoms with E-state index in [4.69, 9.17) is 4.74 Å². The minimum absolute atomic E-state index is 0.164. The fourth-order valence-electron chi connectivity index (χ4n) is 4.89. The molecule has 3 N–H and O–H groups in total. The number of carbonyl (C=O) groups is 4. The number of rotatable bonds is 5. The lowest BCUT2D eigenvalue weighted by atomic mass is 10.00. The third kappa shape index (κ3) is 7.93. The lowest BCUT2D eigenvalue weighted by Crippen LogP contribution is -2.57. The van der Waals surface area contributed by atoms with Gasteiger partial charge in [-0.1, -0.05) is 46.8 Å². The monoisotopic (exact) mass is 529 g/mol. The number of piperazine rings is 1. The maximum absolute atomic E-state index is 13.5. The van der Waals surface area contributed by atoms with Gasteiger partial charge in [-0.05, 0) is 36.9 Å². The molecule has 2 aliphatic rings. The van der Waals surface area contributed by atoms with E-state index in [2.05, 4.69) is 41.6 Å². The number of benzene rings is 1. The summed E-state index contributed by atoms with van der Waals surface area (Å²) in [5.74, 6) is -1.09. The van der Waals surface area contributed by atoms with Crippen LogP contribution >= 0.6 is 0 Å². The summed E-state index contributed by atoms with van der Waals surface area (Å²) in [6, 6.07) is 4.64. The van der Waals surface area contributed by atoms with Crippen LogP contribution < -0.4 is 20.7 Å². The fourth-order valence-corrected chi connectivity index (χ4v) is 4.89. The van der Waals surface area contributed by atoms with Crippen LogP contribution in [0.15, 0.2) is 24.3 Å². The van der Waals surface area contributed by atoms with Crippen molar-refractivity contribution in [1.82, 2.24) is 25.8 Å². The molecule has 0 radical (unpaired) electrons. The van der Waals surface area contributed by atoms with Crippen molar-refractivity contribution in [1.29, 1.82) is 0 Å². The number of amides is 4. The number of likely N-dealkylation sites (N-methyl/N-ethyl adjacent to an activating group) is 1. The topological polar surface area (TPSA) is 120 Å². The zero-order chi connectivity index (χ0) is 27.8. The molecule has 1 fully saturated rings. The summed E-state index contributed by atoms with van der Waals surface area (Å²) < 4.78 is 6.05. The highest BCUT2D eigenvalue weighted by atomic mass is 16.5. The van der Waals surface area contributed by atoms with Crippen LogP contribution in [-0.4, -0.2) is 90.9 Å². The van der Waals surface area contributed by atoms with E-state index in [0.29, 0.717) is 31.2 Å². The van der Waals surface area contributed by atoms with Gasteiger partial charge in [0.15, 0.2) is 0 Å². The quantitative estimate of drug-likeness (QED) is 0.531. The van der Waals surface area contributed by atoms with Gasteiger partial charge in [-0.2, -0.15) is 0 Å². The molecule has 1 aromatic carbocycles. The maximum atomic E-state index is 13.5. The zero-order valence-electron chi connectivity index (χ0n) is 23.3. The van der Waals surface area contributed by atoms with Gasteiger partial charge in [0.05, 0.1) is 18.0 Å². The molecule has 4 amide bonds. The molecule has 1 saturated heterocycles. The van der Waals surface area contributed by atoms with E-state index in [9.17, 15) is 19.2 Å². The summed E-state index contributed by atoms with van der Waals surface area (Å²) in [4.78, 5) is 57.3. The summed E-state index contributed by atoms with van der Waals surface area (Å²) >= 11 is 0. The molecular weight excluding hydrogens is 486 g/mol. The third-order valence-electron chi connectivity index (χ3n) is 7.06. The van der Waals surface area contributed by atoms with Crippen LogP contribution in [0.25, 0.3) is 0 Å². The second kappa shape index (κ2) is 13.6. The Morgan fingerprint density at radius 1 is 1.00 bits per heavy atom. The highest BCUT2D eigenvalue weighted by Gasteiger charge is 2.33. The van der Waals surface area contributed by atoms with Gasteiger partial charge >= 0.3 is 0 Å². The van der Waals surface area contributed by atoms with Crippen molar-refractivity contribution in [3.8, 4) is 5.75 Å². The molecule has 1 aromatic rings. The number of nitrogens with one attached hydrogen (secondary N) is 3. The van der Waals surface area contributed by atoms with Crippen LogP contribution in [0.5, 0.6) is 5.75 Å². The Hall–Kier alpha value is -3.14. The van der Waals surface area contributed by atoms with Crippen molar-refractivity contribution >= 4 is 23.6 Å². The molecule has 2 heterocycles.